The Morgan fingerprint density at radius 2 is 2.12 bits per heavy atom. The van der Waals surface area contributed by atoms with Crippen LogP contribution in [0.3, 0.4) is 0 Å². The molecule has 0 aromatic heterocycles. The molecule has 0 bridgehead atoms. The van der Waals surface area contributed by atoms with E-state index in [0.717, 1.165) is 35.6 Å². The molecule has 0 heterocycles. The van der Waals surface area contributed by atoms with Crippen molar-refractivity contribution >= 4 is 0 Å². The number of ether oxygens (including phenoxy) is 2. The van der Waals surface area contributed by atoms with Crippen molar-refractivity contribution in [2.24, 2.45) is 0 Å². The smallest absolute Gasteiger partial charge is 0.126 e. The molecule has 17 heavy (non-hydrogen) atoms. The fraction of sp³-hybridized carbons (Fsp3) is 0.538. The molecule has 0 aliphatic heterocycles. The summed E-state index contributed by atoms with van der Waals surface area (Å²) >= 11 is 0. The van der Waals surface area contributed by atoms with Crippen LogP contribution < -0.4 is 14.8 Å². The van der Waals surface area contributed by atoms with Crippen molar-refractivity contribution in [3.8, 4) is 11.5 Å². The second-order valence-electron chi connectivity index (χ2n) is 4.34. The van der Waals surface area contributed by atoms with Gasteiger partial charge in [0.05, 0.1) is 20.3 Å². The number of likely N-dealkylation sites (N-methyl/N-ethyl adjacent to an activating group) is 1. The van der Waals surface area contributed by atoms with Gasteiger partial charge in [-0.3, -0.25) is 0 Å². The number of aliphatic hydroxyl groups is 1. The fourth-order valence-corrected chi connectivity index (χ4v) is 2.57. The van der Waals surface area contributed by atoms with Gasteiger partial charge in [0.25, 0.3) is 0 Å². The number of rotatable bonds is 4. The Bertz CT molecular complexity index is 406. The maximum Gasteiger partial charge on any atom is 0.126 e. The third-order valence-electron chi connectivity index (χ3n) is 3.33. The summed E-state index contributed by atoms with van der Waals surface area (Å²) in [5, 5.41) is 13.2. The lowest BCUT2D eigenvalue weighted by Gasteiger charge is -2.15. The number of fused-ring (bicyclic) bond motifs is 1. The highest BCUT2D eigenvalue weighted by Gasteiger charge is 2.32. The van der Waals surface area contributed by atoms with Gasteiger partial charge in [-0.25, -0.2) is 0 Å². The van der Waals surface area contributed by atoms with Crippen LogP contribution in [0.5, 0.6) is 11.5 Å². The summed E-state index contributed by atoms with van der Waals surface area (Å²) < 4.78 is 10.6. The second kappa shape index (κ2) is 4.94. The second-order valence-corrected chi connectivity index (χ2v) is 4.34. The predicted octanol–water partition coefficient (Wildman–Crippen LogP) is 1.44. The molecule has 0 fully saturated rings. The van der Waals surface area contributed by atoms with Crippen LogP contribution in [0, 0.1) is 0 Å². The van der Waals surface area contributed by atoms with E-state index < -0.39 is 6.10 Å². The van der Waals surface area contributed by atoms with Gasteiger partial charge in [-0.15, -0.1) is 0 Å². The van der Waals surface area contributed by atoms with E-state index >= 15 is 0 Å². The number of aliphatic hydroxyl groups excluding tert-OH is 1. The predicted molar refractivity (Wildman–Crippen MR) is 65.8 cm³/mol. The molecular formula is C13H19NO3. The number of hydrogen-bond donors (Lipinski definition) is 2. The van der Waals surface area contributed by atoms with Crippen LogP contribution in [0.15, 0.2) is 12.1 Å². The van der Waals surface area contributed by atoms with Gasteiger partial charge in [0.1, 0.15) is 11.5 Å². The molecule has 1 aromatic carbocycles. The van der Waals surface area contributed by atoms with Gasteiger partial charge >= 0.3 is 0 Å². The van der Waals surface area contributed by atoms with Crippen LogP contribution in [0.1, 0.15) is 29.6 Å². The molecule has 0 radical (unpaired) electrons. The molecule has 1 aromatic rings. The van der Waals surface area contributed by atoms with Crippen molar-refractivity contribution in [2.45, 2.75) is 18.4 Å². The third-order valence-corrected chi connectivity index (χ3v) is 3.33. The zero-order chi connectivity index (χ0) is 12.4. The van der Waals surface area contributed by atoms with E-state index in [9.17, 15) is 5.11 Å². The lowest BCUT2D eigenvalue weighted by atomic mass is 10.00. The molecule has 0 amide bonds. The molecule has 1 aliphatic carbocycles. The van der Waals surface area contributed by atoms with E-state index in [0.29, 0.717) is 5.92 Å². The summed E-state index contributed by atoms with van der Waals surface area (Å²) in [6, 6.07) is 3.78. The number of nitrogens with one attached hydrogen (secondary N) is 1. The lowest BCUT2D eigenvalue weighted by molar-refractivity contribution is 0.172. The Labute approximate surface area is 102 Å². The van der Waals surface area contributed by atoms with E-state index in [2.05, 4.69) is 5.32 Å². The van der Waals surface area contributed by atoms with Gasteiger partial charge in [0, 0.05) is 24.1 Å². The maximum atomic E-state index is 10.1. The third kappa shape index (κ3) is 2.10. The topological polar surface area (TPSA) is 50.7 Å². The Kier molecular flexibility index (Phi) is 3.54. The minimum atomic E-state index is -0.424. The van der Waals surface area contributed by atoms with E-state index in [1.165, 1.54) is 0 Å². The molecule has 94 valence electrons. The van der Waals surface area contributed by atoms with Crippen molar-refractivity contribution in [3.05, 3.63) is 23.3 Å². The normalized spacial score (nSPS) is 22.4. The first-order valence-electron chi connectivity index (χ1n) is 5.79. The van der Waals surface area contributed by atoms with Gasteiger partial charge in [-0.1, -0.05) is 0 Å². The van der Waals surface area contributed by atoms with Crippen LogP contribution in [-0.2, 0) is 0 Å². The molecule has 2 rings (SSSR count). The minimum Gasteiger partial charge on any atom is -0.497 e. The van der Waals surface area contributed by atoms with Gasteiger partial charge in [0.15, 0.2) is 0 Å². The standard InChI is InChI=1S/C13H19NO3/c1-14-7-8-4-11(15)10-5-9(16-2)6-12(17-3)13(8)10/h5-6,8,11,14-15H,4,7H2,1-3H3. The average molecular weight is 237 g/mol. The highest BCUT2D eigenvalue weighted by atomic mass is 16.5. The molecule has 4 heteroatoms. The van der Waals surface area contributed by atoms with Gasteiger partial charge in [-0.2, -0.15) is 0 Å². The van der Waals surface area contributed by atoms with Gasteiger partial charge < -0.3 is 19.9 Å². The zero-order valence-corrected chi connectivity index (χ0v) is 10.5. The molecule has 1 aliphatic rings. The minimum absolute atomic E-state index is 0.297. The average Bonchev–Trinajstić information content (AvgIpc) is 2.66. The molecule has 0 saturated carbocycles. The lowest BCUT2D eigenvalue weighted by Crippen LogP contribution is -2.15. The fourth-order valence-electron chi connectivity index (χ4n) is 2.57. The Morgan fingerprint density at radius 1 is 1.35 bits per heavy atom. The van der Waals surface area contributed by atoms with Crippen LogP contribution >= 0.6 is 0 Å². The highest BCUT2D eigenvalue weighted by molar-refractivity contribution is 5.52. The van der Waals surface area contributed by atoms with E-state index in [1.807, 2.05) is 19.2 Å². The molecule has 0 saturated heterocycles. The summed E-state index contributed by atoms with van der Waals surface area (Å²) in [7, 11) is 5.18. The molecule has 0 spiro atoms. The maximum absolute atomic E-state index is 10.1. The quantitative estimate of drug-likeness (QED) is 0.832. The Hall–Kier alpha value is -1.26. The first-order chi connectivity index (χ1) is 8.21. The summed E-state index contributed by atoms with van der Waals surface area (Å²) in [5.41, 5.74) is 2.04. The first kappa shape index (κ1) is 12.2. The molecular weight excluding hydrogens is 218 g/mol. The van der Waals surface area contributed by atoms with Crippen LogP contribution in [0.2, 0.25) is 0 Å². The van der Waals surface area contributed by atoms with Crippen LogP contribution in [-0.4, -0.2) is 32.9 Å². The van der Waals surface area contributed by atoms with Crippen molar-refractivity contribution in [1.29, 1.82) is 0 Å². The van der Waals surface area contributed by atoms with Crippen molar-refractivity contribution in [3.63, 3.8) is 0 Å². The highest BCUT2D eigenvalue weighted by Crippen LogP contribution is 2.46. The molecule has 2 N–H and O–H groups in total. The summed E-state index contributed by atoms with van der Waals surface area (Å²) in [4.78, 5) is 0. The number of methoxy groups -OCH3 is 2. The molecule has 2 atom stereocenters. The van der Waals surface area contributed by atoms with E-state index in [4.69, 9.17) is 9.47 Å². The molecule has 2 unspecified atom stereocenters. The zero-order valence-electron chi connectivity index (χ0n) is 10.5. The first-order valence-corrected chi connectivity index (χ1v) is 5.79. The summed E-state index contributed by atoms with van der Waals surface area (Å²) in [6.45, 7) is 0.840. The van der Waals surface area contributed by atoms with Crippen LogP contribution in [0.4, 0.5) is 0 Å². The Balaban J connectivity index is 2.47. The largest absolute Gasteiger partial charge is 0.497 e. The van der Waals surface area contributed by atoms with E-state index in [1.54, 1.807) is 14.2 Å². The summed E-state index contributed by atoms with van der Waals surface area (Å²) in [6.07, 6.45) is 0.312. The SMILES string of the molecule is CNCC1CC(O)c2cc(OC)cc(OC)c21. The molecule has 4 nitrogen and oxygen atoms in total. The summed E-state index contributed by atoms with van der Waals surface area (Å²) in [5.74, 6) is 1.83. The van der Waals surface area contributed by atoms with E-state index in [-0.39, 0.29) is 0 Å². The van der Waals surface area contributed by atoms with Gasteiger partial charge in [0.2, 0.25) is 0 Å². The van der Waals surface area contributed by atoms with Crippen molar-refractivity contribution < 1.29 is 14.6 Å². The Morgan fingerprint density at radius 3 is 2.71 bits per heavy atom. The van der Waals surface area contributed by atoms with Crippen LogP contribution in [0.25, 0.3) is 0 Å². The van der Waals surface area contributed by atoms with Crippen molar-refractivity contribution in [2.75, 3.05) is 27.8 Å². The number of hydrogen-bond acceptors (Lipinski definition) is 4. The van der Waals surface area contributed by atoms with Crippen molar-refractivity contribution in [1.82, 2.24) is 5.32 Å². The number of benzene rings is 1. The van der Waals surface area contributed by atoms with Gasteiger partial charge in [-0.05, 0) is 25.1 Å². The monoisotopic (exact) mass is 237 g/mol.